The molecule has 0 heterocycles. The molecular weight excluding hydrogens is 644 g/mol. The number of hydrogen-bond donors (Lipinski definition) is 0. The molecule has 0 saturated heterocycles. The zero-order chi connectivity index (χ0) is 34.9. The first-order valence-electron chi connectivity index (χ1n) is 17.0. The molecule has 11 heteroatoms. The van der Waals surface area contributed by atoms with E-state index in [1.165, 1.54) is 25.7 Å². The van der Waals surface area contributed by atoms with Gasteiger partial charge in [0.15, 0.2) is 36.3 Å². The number of hydrogen-bond acceptors (Lipinski definition) is 3. The maximum Gasteiger partial charge on any atom is 0.285 e. The molecule has 0 atom stereocenters. The molecule has 2 aromatic rings. The van der Waals surface area contributed by atoms with Crippen LogP contribution >= 0.6 is 0 Å². The van der Waals surface area contributed by atoms with Crippen molar-refractivity contribution in [1.82, 2.24) is 0 Å². The van der Waals surface area contributed by atoms with E-state index in [0.717, 1.165) is 49.4 Å². The molecule has 0 bridgehead atoms. The van der Waals surface area contributed by atoms with Crippen molar-refractivity contribution in [2.45, 2.75) is 103 Å². The Bertz CT molecular complexity index is 1350. The third kappa shape index (κ3) is 11.0. The standard InChI is InChI=1S/C37H46F8O3/c1-3-4-19-46-29-17-18-31(35(41)34(29)40)48-23-37(44,45)21-28-15-16-30(33(39)32(28)38)47-22-36(42,43)20-27-13-11-26(12-14-27)10-9-25-7-5-24(2)6-8-25/h9-10,15-18,24-27H,3-8,11-14,19-23H2,1-2H3/b10-9+. The average molecular weight is 691 g/mol. The van der Waals surface area contributed by atoms with Crippen molar-refractivity contribution in [1.29, 1.82) is 0 Å². The Balaban J connectivity index is 1.24. The highest BCUT2D eigenvalue weighted by atomic mass is 19.3. The van der Waals surface area contributed by atoms with E-state index in [0.29, 0.717) is 31.1 Å². The summed E-state index contributed by atoms with van der Waals surface area (Å²) >= 11 is 0. The van der Waals surface area contributed by atoms with Gasteiger partial charge in [-0.2, -0.15) is 13.2 Å². The Morgan fingerprint density at radius 2 is 1.12 bits per heavy atom. The van der Waals surface area contributed by atoms with E-state index < -0.39 is 84.0 Å². The van der Waals surface area contributed by atoms with Crippen LogP contribution in [0.5, 0.6) is 17.2 Å². The molecule has 3 nitrogen and oxygen atoms in total. The molecule has 2 saturated carbocycles. The summed E-state index contributed by atoms with van der Waals surface area (Å²) in [5, 5.41) is 0. The zero-order valence-corrected chi connectivity index (χ0v) is 27.6. The first-order valence-corrected chi connectivity index (χ1v) is 17.0. The van der Waals surface area contributed by atoms with Gasteiger partial charge in [-0.05, 0) is 92.4 Å². The van der Waals surface area contributed by atoms with Crippen LogP contribution in [0.4, 0.5) is 35.1 Å². The van der Waals surface area contributed by atoms with Crippen molar-refractivity contribution >= 4 is 0 Å². The zero-order valence-electron chi connectivity index (χ0n) is 27.6. The Hall–Kier alpha value is -2.98. The van der Waals surface area contributed by atoms with Crippen LogP contribution in [-0.2, 0) is 6.42 Å². The van der Waals surface area contributed by atoms with E-state index in [1.54, 1.807) is 0 Å². The molecule has 2 aliphatic rings. The van der Waals surface area contributed by atoms with Gasteiger partial charge in [0.1, 0.15) is 0 Å². The third-order valence-corrected chi connectivity index (χ3v) is 9.42. The van der Waals surface area contributed by atoms with E-state index in [1.807, 2.05) is 6.92 Å². The smallest absolute Gasteiger partial charge is 0.285 e. The molecule has 2 aliphatic carbocycles. The molecule has 0 spiro atoms. The van der Waals surface area contributed by atoms with E-state index in [4.69, 9.17) is 14.2 Å². The van der Waals surface area contributed by atoms with Crippen LogP contribution < -0.4 is 14.2 Å². The van der Waals surface area contributed by atoms with Crippen molar-refractivity contribution in [3.05, 3.63) is 65.2 Å². The van der Waals surface area contributed by atoms with Crippen LogP contribution in [0.25, 0.3) is 0 Å². The molecule has 0 N–H and O–H groups in total. The maximum absolute atomic E-state index is 14.8. The fourth-order valence-electron chi connectivity index (χ4n) is 6.44. The molecular formula is C37H46F8O3. The molecule has 48 heavy (non-hydrogen) atoms. The summed E-state index contributed by atoms with van der Waals surface area (Å²) in [5.74, 6) is -13.9. The van der Waals surface area contributed by atoms with Gasteiger partial charge in [0.05, 0.1) is 6.61 Å². The van der Waals surface area contributed by atoms with Crippen molar-refractivity contribution < 1.29 is 49.3 Å². The predicted octanol–water partition coefficient (Wildman–Crippen LogP) is 11.3. The molecule has 4 rings (SSSR count). The van der Waals surface area contributed by atoms with Crippen LogP contribution in [0, 0.1) is 46.9 Å². The lowest BCUT2D eigenvalue weighted by Crippen LogP contribution is -2.30. The van der Waals surface area contributed by atoms with Gasteiger partial charge in [-0.3, -0.25) is 0 Å². The second kappa shape index (κ2) is 17.1. The topological polar surface area (TPSA) is 27.7 Å². The lowest BCUT2D eigenvalue weighted by Gasteiger charge is -2.30. The highest BCUT2D eigenvalue weighted by Gasteiger charge is 2.37. The Labute approximate surface area is 278 Å². The largest absolute Gasteiger partial charge is 0.490 e. The molecule has 2 aromatic carbocycles. The summed E-state index contributed by atoms with van der Waals surface area (Å²) in [6.07, 6.45) is 11.9. The van der Waals surface area contributed by atoms with Crippen molar-refractivity contribution in [2.75, 3.05) is 19.8 Å². The van der Waals surface area contributed by atoms with Crippen molar-refractivity contribution in [2.24, 2.45) is 23.7 Å². The second-order valence-corrected chi connectivity index (χ2v) is 13.6. The third-order valence-electron chi connectivity index (χ3n) is 9.42. The highest BCUT2D eigenvalue weighted by molar-refractivity contribution is 5.35. The number of unbranched alkanes of at least 4 members (excludes halogenated alkanes) is 1. The number of allylic oxidation sites excluding steroid dienone is 2. The lowest BCUT2D eigenvalue weighted by molar-refractivity contribution is -0.0644. The van der Waals surface area contributed by atoms with E-state index in [9.17, 15) is 35.1 Å². The van der Waals surface area contributed by atoms with Gasteiger partial charge in [-0.15, -0.1) is 0 Å². The number of alkyl halides is 4. The minimum absolute atomic E-state index is 0.137. The number of rotatable bonds is 16. The normalized spacial score (nSPS) is 22.2. The Morgan fingerprint density at radius 3 is 1.69 bits per heavy atom. The van der Waals surface area contributed by atoms with Crippen LogP contribution in [0.1, 0.15) is 90.0 Å². The van der Waals surface area contributed by atoms with E-state index in [-0.39, 0.29) is 12.5 Å². The molecule has 0 unspecified atom stereocenters. The SMILES string of the molecule is CCCCOc1ccc(OCC(F)(F)Cc2ccc(OCC(F)(F)CC3CCC(/C=C/C4CCC(C)CC4)CC3)c(F)c2F)c(F)c1F. The predicted molar refractivity (Wildman–Crippen MR) is 168 cm³/mol. The van der Waals surface area contributed by atoms with Crippen LogP contribution in [0.15, 0.2) is 36.4 Å². The first-order chi connectivity index (χ1) is 22.8. The van der Waals surface area contributed by atoms with Gasteiger partial charge >= 0.3 is 0 Å². The molecule has 0 radical (unpaired) electrons. The van der Waals surface area contributed by atoms with Gasteiger partial charge in [0, 0.05) is 12.8 Å². The Kier molecular flexibility index (Phi) is 13.5. The van der Waals surface area contributed by atoms with Crippen LogP contribution in [0.3, 0.4) is 0 Å². The fourth-order valence-corrected chi connectivity index (χ4v) is 6.44. The molecule has 0 aliphatic heterocycles. The van der Waals surface area contributed by atoms with Gasteiger partial charge in [0.25, 0.3) is 11.8 Å². The second-order valence-electron chi connectivity index (χ2n) is 13.6. The first kappa shape index (κ1) is 37.8. The van der Waals surface area contributed by atoms with Gasteiger partial charge < -0.3 is 14.2 Å². The fraction of sp³-hybridized carbons (Fsp3) is 0.622. The van der Waals surface area contributed by atoms with E-state index in [2.05, 4.69) is 19.1 Å². The van der Waals surface area contributed by atoms with Gasteiger partial charge in [-0.25, -0.2) is 22.0 Å². The molecule has 2 fully saturated rings. The summed E-state index contributed by atoms with van der Waals surface area (Å²) in [6.45, 7) is 1.64. The summed E-state index contributed by atoms with van der Waals surface area (Å²) in [6, 6.07) is 3.60. The van der Waals surface area contributed by atoms with Crippen molar-refractivity contribution in [3.63, 3.8) is 0 Å². The highest BCUT2D eigenvalue weighted by Crippen LogP contribution is 2.38. The summed E-state index contributed by atoms with van der Waals surface area (Å²) in [7, 11) is 0. The number of ether oxygens (including phenoxy) is 3. The summed E-state index contributed by atoms with van der Waals surface area (Å²) < 4.78 is 132. The summed E-state index contributed by atoms with van der Waals surface area (Å²) in [5.41, 5.74) is -0.768. The summed E-state index contributed by atoms with van der Waals surface area (Å²) in [4.78, 5) is 0. The minimum atomic E-state index is -3.83. The Morgan fingerprint density at radius 1 is 0.646 bits per heavy atom. The monoisotopic (exact) mass is 690 g/mol. The number of benzene rings is 2. The minimum Gasteiger partial charge on any atom is -0.490 e. The average Bonchev–Trinajstić information content (AvgIpc) is 3.05. The maximum atomic E-state index is 14.8. The van der Waals surface area contributed by atoms with Crippen LogP contribution in [-0.4, -0.2) is 31.7 Å². The molecule has 0 aromatic heterocycles. The van der Waals surface area contributed by atoms with E-state index >= 15 is 0 Å². The lowest BCUT2D eigenvalue weighted by atomic mass is 9.78. The molecule has 268 valence electrons. The molecule has 0 amide bonds. The van der Waals surface area contributed by atoms with Gasteiger partial charge in [-0.1, -0.05) is 51.3 Å². The van der Waals surface area contributed by atoms with Crippen molar-refractivity contribution in [3.8, 4) is 17.2 Å². The van der Waals surface area contributed by atoms with Crippen LogP contribution in [0.2, 0.25) is 0 Å². The van der Waals surface area contributed by atoms with Gasteiger partial charge in [0.2, 0.25) is 17.5 Å². The number of halogens is 8. The quantitative estimate of drug-likeness (QED) is 0.0997.